The summed E-state index contributed by atoms with van der Waals surface area (Å²) < 4.78 is 0. The number of Topliss-reactive ketones (excluding diaryl/α,β-unsaturated/α-hetero) is 2. The average molecular weight is 433 g/mol. The van der Waals surface area contributed by atoms with Crippen LogP contribution >= 0.6 is 0 Å². The molecule has 0 radical (unpaired) electrons. The molecule has 1 aromatic rings. The van der Waals surface area contributed by atoms with Gasteiger partial charge in [0.2, 0.25) is 11.6 Å². The lowest BCUT2D eigenvalue weighted by Crippen LogP contribution is -2.33. The molecule has 0 fully saturated rings. The van der Waals surface area contributed by atoms with Gasteiger partial charge in [-0.25, -0.2) is 0 Å². The monoisotopic (exact) mass is 432 g/mol. The van der Waals surface area contributed by atoms with Gasteiger partial charge in [0.1, 0.15) is 5.76 Å². The van der Waals surface area contributed by atoms with Crippen molar-refractivity contribution in [1.82, 2.24) is 0 Å². The van der Waals surface area contributed by atoms with Crippen molar-refractivity contribution in [1.29, 1.82) is 0 Å². The van der Waals surface area contributed by atoms with Crippen molar-refractivity contribution in [3.05, 3.63) is 82.2 Å². The third-order valence-electron chi connectivity index (χ3n) is 6.88. The van der Waals surface area contributed by atoms with Gasteiger partial charge in [0.15, 0.2) is 0 Å². The molecule has 2 atom stereocenters. The molecule has 1 N–H and O–H groups in total. The van der Waals surface area contributed by atoms with Crippen molar-refractivity contribution in [2.75, 3.05) is 0 Å². The maximum Gasteiger partial charge on any atom is 0.233 e. The Hall–Kier alpha value is -2.68. The SMILES string of the molecule is C=C(C)[C@@H]1CCC(C)=C[C@H]1C1=C(O)C(CCc2ccccc2)=C(CCCCC)C(=O)C1=O. The van der Waals surface area contributed by atoms with E-state index < -0.39 is 11.6 Å². The third-order valence-corrected chi connectivity index (χ3v) is 6.88. The summed E-state index contributed by atoms with van der Waals surface area (Å²) in [5, 5.41) is 11.4. The number of benzene rings is 1. The highest BCUT2D eigenvalue weighted by Crippen LogP contribution is 2.42. The maximum atomic E-state index is 13.3. The lowest BCUT2D eigenvalue weighted by atomic mass is 9.69. The summed E-state index contributed by atoms with van der Waals surface area (Å²) in [4.78, 5) is 26.6. The van der Waals surface area contributed by atoms with Crippen molar-refractivity contribution in [3.8, 4) is 0 Å². The van der Waals surface area contributed by atoms with E-state index in [-0.39, 0.29) is 23.2 Å². The van der Waals surface area contributed by atoms with Gasteiger partial charge in [0.25, 0.3) is 0 Å². The molecule has 3 nitrogen and oxygen atoms in total. The fraction of sp³-hybridized carbons (Fsp3) is 0.448. The third kappa shape index (κ3) is 5.20. The number of hydrogen-bond acceptors (Lipinski definition) is 3. The molecule has 0 amide bonds. The summed E-state index contributed by atoms with van der Waals surface area (Å²) >= 11 is 0. The van der Waals surface area contributed by atoms with Crippen LogP contribution in [-0.2, 0) is 16.0 Å². The van der Waals surface area contributed by atoms with Crippen molar-refractivity contribution >= 4 is 11.6 Å². The molecule has 0 saturated carbocycles. The number of carbonyl (C=O) groups excluding carboxylic acids is 2. The fourth-order valence-electron chi connectivity index (χ4n) is 5.02. The summed E-state index contributed by atoms with van der Waals surface area (Å²) in [6.45, 7) is 10.3. The fourth-order valence-corrected chi connectivity index (χ4v) is 5.02. The molecule has 0 aromatic heterocycles. The smallest absolute Gasteiger partial charge is 0.233 e. The predicted molar refractivity (Wildman–Crippen MR) is 130 cm³/mol. The summed E-state index contributed by atoms with van der Waals surface area (Å²) in [5.74, 6) is -1.14. The number of ketones is 2. The number of unbranched alkanes of at least 4 members (excludes halogenated alkanes) is 2. The lowest BCUT2D eigenvalue weighted by molar-refractivity contribution is -0.133. The molecule has 3 heteroatoms. The maximum absolute atomic E-state index is 13.3. The first-order chi connectivity index (χ1) is 15.3. The van der Waals surface area contributed by atoms with Crippen LogP contribution in [0.2, 0.25) is 0 Å². The molecular formula is C29H36O3. The predicted octanol–water partition coefficient (Wildman–Crippen LogP) is 7.01. The molecule has 0 bridgehead atoms. The molecule has 0 spiro atoms. The van der Waals surface area contributed by atoms with Crippen LogP contribution in [0.25, 0.3) is 0 Å². The molecule has 1 aromatic carbocycles. The topological polar surface area (TPSA) is 54.4 Å². The van der Waals surface area contributed by atoms with Crippen LogP contribution in [0.4, 0.5) is 0 Å². The Balaban J connectivity index is 2.06. The number of carbonyl (C=O) groups is 2. The first kappa shape index (κ1) is 24.0. The van der Waals surface area contributed by atoms with Crippen LogP contribution in [0.5, 0.6) is 0 Å². The molecule has 0 aliphatic heterocycles. The second-order valence-electron chi connectivity index (χ2n) is 9.35. The van der Waals surface area contributed by atoms with Gasteiger partial charge in [0, 0.05) is 17.1 Å². The van der Waals surface area contributed by atoms with E-state index >= 15 is 0 Å². The van der Waals surface area contributed by atoms with E-state index in [1.165, 1.54) is 5.57 Å². The molecule has 3 rings (SSSR count). The quantitative estimate of drug-likeness (QED) is 0.198. The number of hydrogen-bond donors (Lipinski definition) is 1. The molecule has 32 heavy (non-hydrogen) atoms. The van der Waals surface area contributed by atoms with Crippen LogP contribution in [0.15, 0.2) is 76.6 Å². The molecule has 2 aliphatic rings. The van der Waals surface area contributed by atoms with Gasteiger partial charge in [-0.15, -0.1) is 0 Å². The Morgan fingerprint density at radius 1 is 1.03 bits per heavy atom. The Labute approximate surface area is 192 Å². The minimum atomic E-state index is -0.528. The second-order valence-corrected chi connectivity index (χ2v) is 9.35. The highest BCUT2D eigenvalue weighted by atomic mass is 16.3. The second kappa shape index (κ2) is 10.8. The summed E-state index contributed by atoms with van der Waals surface area (Å²) in [6, 6.07) is 10.1. The van der Waals surface area contributed by atoms with Gasteiger partial charge in [0.05, 0.1) is 5.57 Å². The van der Waals surface area contributed by atoms with Crippen molar-refractivity contribution in [2.24, 2.45) is 11.8 Å². The van der Waals surface area contributed by atoms with E-state index in [1.54, 1.807) is 0 Å². The van der Waals surface area contributed by atoms with E-state index in [1.807, 2.05) is 25.1 Å². The Kier molecular flexibility index (Phi) is 8.06. The Morgan fingerprint density at radius 2 is 1.75 bits per heavy atom. The molecule has 170 valence electrons. The van der Waals surface area contributed by atoms with Crippen molar-refractivity contribution in [2.45, 2.75) is 72.1 Å². The van der Waals surface area contributed by atoms with Crippen LogP contribution in [0.3, 0.4) is 0 Å². The van der Waals surface area contributed by atoms with E-state index in [4.69, 9.17) is 0 Å². The van der Waals surface area contributed by atoms with Crippen LogP contribution in [0.1, 0.15) is 71.3 Å². The number of aryl methyl sites for hydroxylation is 1. The Bertz CT molecular complexity index is 975. The van der Waals surface area contributed by atoms with E-state index in [0.717, 1.165) is 49.7 Å². The largest absolute Gasteiger partial charge is 0.507 e. The van der Waals surface area contributed by atoms with Gasteiger partial charge < -0.3 is 5.11 Å². The summed E-state index contributed by atoms with van der Waals surface area (Å²) in [7, 11) is 0. The van der Waals surface area contributed by atoms with Crippen LogP contribution < -0.4 is 0 Å². The van der Waals surface area contributed by atoms with Crippen molar-refractivity contribution in [3.63, 3.8) is 0 Å². The van der Waals surface area contributed by atoms with E-state index in [0.29, 0.717) is 24.0 Å². The minimum absolute atomic E-state index is 0.0410. The number of rotatable bonds is 9. The highest BCUT2D eigenvalue weighted by Gasteiger charge is 2.40. The molecule has 0 saturated heterocycles. The molecular weight excluding hydrogens is 396 g/mol. The van der Waals surface area contributed by atoms with Gasteiger partial charge in [-0.3, -0.25) is 9.59 Å². The zero-order valence-electron chi connectivity index (χ0n) is 19.7. The van der Waals surface area contributed by atoms with Crippen LogP contribution in [0, 0.1) is 11.8 Å². The number of aliphatic hydroxyl groups is 1. The molecule has 0 unspecified atom stereocenters. The van der Waals surface area contributed by atoms with E-state index in [2.05, 4.69) is 38.6 Å². The lowest BCUT2D eigenvalue weighted by Gasteiger charge is -2.33. The van der Waals surface area contributed by atoms with Crippen LogP contribution in [-0.4, -0.2) is 16.7 Å². The first-order valence-corrected chi connectivity index (χ1v) is 12.0. The normalized spacial score (nSPS) is 21.8. The summed E-state index contributed by atoms with van der Waals surface area (Å²) in [5.41, 5.74) is 4.80. The number of allylic oxidation sites excluding steroid dienone is 6. The standard InChI is InChI=1S/C29H36O3/c1-5-6-8-13-23-24(17-15-21-11-9-7-10-12-21)27(30)26(29(32)28(23)31)25-18-20(4)14-16-22(25)19(2)3/h7,9-12,18,22,25,30H,2,5-6,8,13-17H2,1,3-4H3/t22-,25+/m0/s1. The molecule has 2 aliphatic carbocycles. The van der Waals surface area contributed by atoms with Gasteiger partial charge in [-0.2, -0.15) is 0 Å². The zero-order valence-corrected chi connectivity index (χ0v) is 19.7. The molecule has 0 heterocycles. The zero-order chi connectivity index (χ0) is 23.3. The number of aliphatic hydroxyl groups excluding tert-OH is 1. The summed E-state index contributed by atoms with van der Waals surface area (Å²) in [6.07, 6.45) is 8.59. The average Bonchev–Trinajstić information content (AvgIpc) is 2.77. The Morgan fingerprint density at radius 3 is 2.41 bits per heavy atom. The van der Waals surface area contributed by atoms with E-state index in [9.17, 15) is 14.7 Å². The first-order valence-electron chi connectivity index (χ1n) is 12.0. The van der Waals surface area contributed by atoms with Gasteiger partial charge in [-0.1, -0.05) is 73.9 Å². The van der Waals surface area contributed by atoms with Gasteiger partial charge >= 0.3 is 0 Å². The van der Waals surface area contributed by atoms with Crippen molar-refractivity contribution < 1.29 is 14.7 Å². The minimum Gasteiger partial charge on any atom is -0.507 e. The van der Waals surface area contributed by atoms with Gasteiger partial charge in [-0.05, 0) is 63.9 Å². The highest BCUT2D eigenvalue weighted by molar-refractivity contribution is 6.50.